The van der Waals surface area contributed by atoms with Crippen LogP contribution in [0.3, 0.4) is 0 Å². The number of carboxylic acid groups (broad SMARTS) is 1. The third kappa shape index (κ3) is 8.69. The topological polar surface area (TPSA) is 209 Å². The van der Waals surface area contributed by atoms with Crippen LogP contribution in [0.25, 0.3) is 0 Å². The molecule has 0 bridgehead atoms. The second-order valence-electron chi connectivity index (χ2n) is 9.35. The second-order valence-corrected chi connectivity index (χ2v) is 9.35. The first-order valence-electron chi connectivity index (χ1n) is 13.0. The van der Waals surface area contributed by atoms with E-state index >= 15 is 0 Å². The molecule has 0 unspecified atom stereocenters. The maximum Gasteiger partial charge on any atom is 0.343 e. The number of hydrazine groups is 1. The zero-order chi connectivity index (χ0) is 30.6. The van der Waals surface area contributed by atoms with Crippen LogP contribution in [0.1, 0.15) is 52.8 Å². The summed E-state index contributed by atoms with van der Waals surface area (Å²) in [5.74, 6) is -3.96. The van der Waals surface area contributed by atoms with Crippen LogP contribution in [0.15, 0.2) is 48.5 Å². The minimum Gasteiger partial charge on any atom is -0.508 e. The Hall–Kier alpha value is -5.11. The Balaban J connectivity index is 1.69. The van der Waals surface area contributed by atoms with Crippen molar-refractivity contribution >= 4 is 42.2 Å². The van der Waals surface area contributed by atoms with Crippen molar-refractivity contribution in [3.05, 3.63) is 59.7 Å². The highest BCUT2D eigenvalue weighted by atomic mass is 16.5. The van der Waals surface area contributed by atoms with Gasteiger partial charge in [-0.2, -0.15) is 0 Å². The standard InChI is InChI=1S/C28H30N4O10/c33-14-2-3-22(27(40)32-23(4-1-13-29-32)26(39)30-19(16-34)15-24(36)37)31-25(38)17-7-11-21(12-8-17)42-28(41)18-5-9-20(35)10-6-18/h5-12,14,16,19,22-23,29,35H,1-4,13,15H2,(H,30,39)(H,31,38)(H,36,37)/t19-,22-,23-/m0/s1. The normalized spacial score (nSPS) is 15.9. The van der Waals surface area contributed by atoms with Crippen LogP contribution < -0.4 is 20.8 Å². The molecule has 0 spiro atoms. The lowest BCUT2D eigenvalue weighted by Gasteiger charge is -2.37. The van der Waals surface area contributed by atoms with Gasteiger partial charge in [0.05, 0.1) is 18.0 Å². The smallest absolute Gasteiger partial charge is 0.343 e. The Morgan fingerprint density at radius 2 is 1.67 bits per heavy atom. The number of hydrogen-bond donors (Lipinski definition) is 5. The fourth-order valence-electron chi connectivity index (χ4n) is 4.15. The van der Waals surface area contributed by atoms with E-state index in [9.17, 15) is 38.7 Å². The van der Waals surface area contributed by atoms with E-state index in [0.717, 1.165) is 5.01 Å². The lowest BCUT2D eigenvalue weighted by Crippen LogP contribution is -2.63. The number of carbonyl (C=O) groups excluding carboxylic acids is 6. The molecule has 42 heavy (non-hydrogen) atoms. The fraction of sp³-hybridized carbons (Fsp3) is 0.321. The van der Waals surface area contributed by atoms with Crippen LogP contribution in [0, 0.1) is 0 Å². The number of benzene rings is 2. The van der Waals surface area contributed by atoms with Crippen molar-refractivity contribution in [2.45, 2.75) is 50.2 Å². The molecule has 0 saturated carbocycles. The number of aromatic hydroxyl groups is 1. The van der Waals surface area contributed by atoms with Crippen LogP contribution in [-0.4, -0.2) is 82.1 Å². The first-order valence-corrected chi connectivity index (χ1v) is 13.0. The molecule has 14 nitrogen and oxygen atoms in total. The molecule has 1 aliphatic heterocycles. The summed E-state index contributed by atoms with van der Waals surface area (Å²) >= 11 is 0. The highest BCUT2D eigenvalue weighted by Crippen LogP contribution is 2.18. The molecule has 3 amide bonds. The lowest BCUT2D eigenvalue weighted by molar-refractivity contribution is -0.149. The Kier molecular flexibility index (Phi) is 11.3. The molecule has 0 radical (unpaired) electrons. The van der Waals surface area contributed by atoms with Crippen molar-refractivity contribution in [1.82, 2.24) is 21.1 Å². The van der Waals surface area contributed by atoms with E-state index in [4.69, 9.17) is 9.84 Å². The number of ether oxygens (including phenoxy) is 1. The summed E-state index contributed by atoms with van der Waals surface area (Å²) in [6.07, 6.45) is 0.817. The van der Waals surface area contributed by atoms with Crippen molar-refractivity contribution in [3.8, 4) is 11.5 Å². The molecule has 222 valence electrons. The lowest BCUT2D eigenvalue weighted by atomic mass is 10.0. The Morgan fingerprint density at radius 1 is 1.00 bits per heavy atom. The SMILES string of the molecule is O=CCC[C@H](NC(=O)c1ccc(OC(=O)c2ccc(O)cc2)cc1)C(=O)N1NCCC[C@H]1C(=O)N[C@H](C=O)CC(=O)O. The molecule has 3 atom stereocenters. The van der Waals surface area contributed by atoms with Crippen LogP contribution in [0.5, 0.6) is 11.5 Å². The van der Waals surface area contributed by atoms with Gasteiger partial charge in [-0.15, -0.1) is 0 Å². The highest BCUT2D eigenvalue weighted by Gasteiger charge is 2.37. The van der Waals surface area contributed by atoms with Crippen LogP contribution in [0.2, 0.25) is 0 Å². The number of aldehydes is 2. The predicted molar refractivity (Wildman–Crippen MR) is 144 cm³/mol. The van der Waals surface area contributed by atoms with Gasteiger partial charge in [-0.05, 0) is 67.8 Å². The number of carboxylic acids is 1. The third-order valence-corrected chi connectivity index (χ3v) is 6.28. The maximum atomic E-state index is 13.5. The van der Waals surface area contributed by atoms with Gasteiger partial charge in [-0.1, -0.05) is 0 Å². The molecule has 14 heteroatoms. The molecule has 0 aliphatic carbocycles. The van der Waals surface area contributed by atoms with E-state index in [0.29, 0.717) is 25.5 Å². The number of rotatable bonds is 13. The van der Waals surface area contributed by atoms with Gasteiger partial charge in [0.2, 0.25) is 5.91 Å². The molecule has 2 aromatic carbocycles. The maximum absolute atomic E-state index is 13.5. The van der Waals surface area contributed by atoms with Gasteiger partial charge in [-0.25, -0.2) is 10.2 Å². The minimum atomic E-state index is -1.29. The zero-order valence-electron chi connectivity index (χ0n) is 22.4. The predicted octanol–water partition coefficient (Wildman–Crippen LogP) is 0.343. The first-order chi connectivity index (χ1) is 20.1. The van der Waals surface area contributed by atoms with Crippen molar-refractivity contribution in [3.63, 3.8) is 0 Å². The van der Waals surface area contributed by atoms with Gasteiger partial charge >= 0.3 is 11.9 Å². The fourth-order valence-corrected chi connectivity index (χ4v) is 4.15. The molecule has 1 saturated heterocycles. The number of phenols is 1. The largest absolute Gasteiger partial charge is 0.508 e. The number of hydrogen-bond acceptors (Lipinski definition) is 10. The molecule has 5 N–H and O–H groups in total. The van der Waals surface area contributed by atoms with Crippen molar-refractivity contribution in [1.29, 1.82) is 0 Å². The van der Waals surface area contributed by atoms with E-state index in [1.165, 1.54) is 48.5 Å². The number of amides is 3. The number of carbonyl (C=O) groups is 7. The molecule has 1 fully saturated rings. The average Bonchev–Trinajstić information content (AvgIpc) is 2.98. The van der Waals surface area contributed by atoms with Crippen molar-refractivity contribution < 1.29 is 48.5 Å². The summed E-state index contributed by atoms with van der Waals surface area (Å²) in [6, 6.07) is 7.34. The van der Waals surface area contributed by atoms with E-state index in [1.807, 2.05) is 0 Å². The zero-order valence-corrected chi connectivity index (χ0v) is 22.4. The van der Waals surface area contributed by atoms with E-state index < -0.39 is 54.2 Å². The Bertz CT molecular complexity index is 1310. The summed E-state index contributed by atoms with van der Waals surface area (Å²) in [5, 5.41) is 24.2. The van der Waals surface area contributed by atoms with Crippen LogP contribution in [-0.2, 0) is 24.0 Å². The number of nitrogens with one attached hydrogen (secondary N) is 3. The van der Waals surface area contributed by atoms with E-state index in [-0.39, 0.29) is 41.9 Å². The molecule has 1 heterocycles. The molecule has 2 aromatic rings. The van der Waals surface area contributed by atoms with Crippen LogP contribution in [0.4, 0.5) is 0 Å². The molecular formula is C28H30N4O10. The number of nitrogens with zero attached hydrogens (tertiary/aromatic N) is 1. The first kappa shape index (κ1) is 31.4. The highest BCUT2D eigenvalue weighted by molar-refractivity contribution is 5.99. The van der Waals surface area contributed by atoms with Gasteiger partial charge in [-0.3, -0.25) is 24.2 Å². The van der Waals surface area contributed by atoms with Crippen molar-refractivity contribution in [2.75, 3.05) is 6.54 Å². The average molecular weight is 583 g/mol. The van der Waals surface area contributed by atoms with Crippen LogP contribution >= 0.6 is 0 Å². The molecule has 0 aromatic heterocycles. The minimum absolute atomic E-state index is 0.0102. The number of esters is 1. The van der Waals surface area contributed by atoms with Gasteiger partial charge in [0, 0.05) is 18.5 Å². The Morgan fingerprint density at radius 3 is 2.29 bits per heavy atom. The van der Waals surface area contributed by atoms with E-state index in [2.05, 4.69) is 16.1 Å². The number of aliphatic carboxylic acids is 1. The quantitative estimate of drug-likeness (QED) is 0.124. The monoisotopic (exact) mass is 582 g/mol. The summed E-state index contributed by atoms with van der Waals surface area (Å²) in [6.45, 7) is 0.334. The third-order valence-electron chi connectivity index (χ3n) is 6.28. The summed E-state index contributed by atoms with van der Waals surface area (Å²) < 4.78 is 5.27. The van der Waals surface area contributed by atoms with Gasteiger partial charge in [0.15, 0.2) is 0 Å². The Labute approximate surface area is 240 Å². The van der Waals surface area contributed by atoms with E-state index in [1.54, 1.807) is 0 Å². The summed E-state index contributed by atoms with van der Waals surface area (Å²) in [5.41, 5.74) is 3.13. The van der Waals surface area contributed by atoms with Gasteiger partial charge in [0.1, 0.15) is 36.2 Å². The summed E-state index contributed by atoms with van der Waals surface area (Å²) in [4.78, 5) is 84.9. The van der Waals surface area contributed by atoms with Crippen molar-refractivity contribution in [2.24, 2.45) is 0 Å². The molecular weight excluding hydrogens is 552 g/mol. The molecule has 3 rings (SSSR count). The molecule has 1 aliphatic rings. The van der Waals surface area contributed by atoms with Gasteiger partial charge in [0.25, 0.3) is 11.8 Å². The summed E-state index contributed by atoms with van der Waals surface area (Å²) in [7, 11) is 0. The number of phenolic OH excluding ortho intramolecular Hbond substituents is 1. The second kappa shape index (κ2) is 15.0. The van der Waals surface area contributed by atoms with Gasteiger partial charge < -0.3 is 35.2 Å².